The lowest BCUT2D eigenvalue weighted by atomic mass is 9.87. The lowest BCUT2D eigenvalue weighted by Gasteiger charge is -2.37. The third kappa shape index (κ3) is 2.98. The summed E-state index contributed by atoms with van der Waals surface area (Å²) in [6.07, 6.45) is 2.52. The first-order valence-electron chi connectivity index (χ1n) is 6.33. The first kappa shape index (κ1) is 14.5. The summed E-state index contributed by atoms with van der Waals surface area (Å²) in [5, 5.41) is 1.41. The number of halogens is 2. The lowest BCUT2D eigenvalue weighted by Crippen LogP contribution is -2.41. The Labute approximate surface area is 124 Å². The van der Waals surface area contributed by atoms with Gasteiger partial charge in [0.2, 0.25) is 0 Å². The zero-order valence-electron chi connectivity index (χ0n) is 11.0. The summed E-state index contributed by atoms with van der Waals surface area (Å²) >= 11 is 13.9. The fourth-order valence-electron chi connectivity index (χ4n) is 2.40. The van der Waals surface area contributed by atoms with Crippen LogP contribution in [0, 0.1) is 5.92 Å². The van der Waals surface area contributed by atoms with E-state index in [1.54, 1.807) is 18.0 Å². The fourth-order valence-corrected chi connectivity index (χ4v) is 4.40. The summed E-state index contributed by atoms with van der Waals surface area (Å²) < 4.78 is 2.49. The molecule has 1 aliphatic heterocycles. The molecule has 1 saturated heterocycles. The van der Waals surface area contributed by atoms with E-state index in [-0.39, 0.29) is 5.54 Å². The Morgan fingerprint density at radius 2 is 1.83 bits per heavy atom. The SMILES string of the molecule is CC(C)C1(C)CCCN1Sc1cc(Cl)cc(Cl)c1. The minimum Gasteiger partial charge on any atom is -0.240 e. The average molecular weight is 304 g/mol. The smallest absolute Gasteiger partial charge is 0.0432 e. The van der Waals surface area contributed by atoms with Crippen LogP contribution in [0.25, 0.3) is 0 Å². The molecule has 0 amide bonds. The van der Waals surface area contributed by atoms with Crippen molar-refractivity contribution in [1.29, 1.82) is 0 Å². The van der Waals surface area contributed by atoms with E-state index in [0.29, 0.717) is 16.0 Å². The third-order valence-electron chi connectivity index (χ3n) is 3.91. The topological polar surface area (TPSA) is 3.24 Å². The predicted molar refractivity (Wildman–Crippen MR) is 81.5 cm³/mol. The van der Waals surface area contributed by atoms with Crippen LogP contribution in [-0.2, 0) is 0 Å². The molecule has 1 heterocycles. The highest BCUT2D eigenvalue weighted by molar-refractivity contribution is 7.97. The van der Waals surface area contributed by atoms with Gasteiger partial charge in [0.15, 0.2) is 0 Å². The lowest BCUT2D eigenvalue weighted by molar-refractivity contribution is 0.207. The minimum absolute atomic E-state index is 0.263. The first-order valence-corrected chi connectivity index (χ1v) is 7.86. The van der Waals surface area contributed by atoms with Gasteiger partial charge in [-0.1, -0.05) is 37.0 Å². The third-order valence-corrected chi connectivity index (χ3v) is 5.61. The summed E-state index contributed by atoms with van der Waals surface area (Å²) in [7, 11) is 0. The molecule has 0 aliphatic carbocycles. The second kappa shape index (κ2) is 5.62. The van der Waals surface area contributed by atoms with Crippen molar-refractivity contribution in [2.45, 2.75) is 44.0 Å². The molecule has 0 bridgehead atoms. The molecule has 0 aromatic heterocycles. The van der Waals surface area contributed by atoms with Gasteiger partial charge in [-0.05, 0) is 55.8 Å². The molecule has 1 aliphatic rings. The Balaban J connectivity index is 2.18. The number of nitrogens with zero attached hydrogens (tertiary/aromatic N) is 1. The van der Waals surface area contributed by atoms with Gasteiger partial charge in [-0.25, -0.2) is 4.31 Å². The van der Waals surface area contributed by atoms with Gasteiger partial charge in [0, 0.05) is 27.0 Å². The van der Waals surface area contributed by atoms with Crippen LogP contribution in [0.5, 0.6) is 0 Å². The summed E-state index contributed by atoms with van der Waals surface area (Å²) in [4.78, 5) is 1.13. The van der Waals surface area contributed by atoms with Crippen molar-refractivity contribution in [2.75, 3.05) is 6.54 Å². The highest BCUT2D eigenvalue weighted by Gasteiger charge is 2.39. The van der Waals surface area contributed by atoms with Gasteiger partial charge < -0.3 is 0 Å². The Morgan fingerprint density at radius 1 is 1.22 bits per heavy atom. The Bertz CT molecular complexity index is 416. The van der Waals surface area contributed by atoms with E-state index in [4.69, 9.17) is 23.2 Å². The van der Waals surface area contributed by atoms with Crippen molar-refractivity contribution < 1.29 is 0 Å². The van der Waals surface area contributed by atoms with E-state index in [1.807, 2.05) is 12.1 Å². The van der Waals surface area contributed by atoms with Gasteiger partial charge in [0.25, 0.3) is 0 Å². The maximum Gasteiger partial charge on any atom is 0.0432 e. The monoisotopic (exact) mass is 303 g/mol. The van der Waals surface area contributed by atoms with E-state index in [9.17, 15) is 0 Å². The van der Waals surface area contributed by atoms with Gasteiger partial charge in [0.1, 0.15) is 0 Å². The van der Waals surface area contributed by atoms with Crippen molar-refractivity contribution in [3.05, 3.63) is 28.2 Å². The molecule has 0 spiro atoms. The first-order chi connectivity index (χ1) is 8.41. The molecule has 1 fully saturated rings. The molecule has 0 N–H and O–H groups in total. The molecule has 1 aromatic rings. The number of benzene rings is 1. The largest absolute Gasteiger partial charge is 0.240 e. The van der Waals surface area contributed by atoms with E-state index < -0.39 is 0 Å². The fraction of sp³-hybridized carbons (Fsp3) is 0.571. The zero-order chi connectivity index (χ0) is 13.3. The summed E-state index contributed by atoms with van der Waals surface area (Å²) in [5.41, 5.74) is 0.263. The molecule has 0 saturated carbocycles. The Hall–Kier alpha value is 0.110. The molecule has 18 heavy (non-hydrogen) atoms. The maximum absolute atomic E-state index is 6.05. The van der Waals surface area contributed by atoms with Crippen molar-refractivity contribution in [1.82, 2.24) is 4.31 Å². The van der Waals surface area contributed by atoms with Gasteiger partial charge in [0.05, 0.1) is 0 Å². The van der Waals surface area contributed by atoms with Gasteiger partial charge in [-0.15, -0.1) is 0 Å². The number of hydrogen-bond acceptors (Lipinski definition) is 2. The van der Waals surface area contributed by atoms with Crippen LogP contribution in [0.1, 0.15) is 33.6 Å². The van der Waals surface area contributed by atoms with E-state index >= 15 is 0 Å². The summed E-state index contributed by atoms with van der Waals surface area (Å²) in [5.74, 6) is 0.641. The molecular weight excluding hydrogens is 285 g/mol. The van der Waals surface area contributed by atoms with E-state index in [1.165, 1.54) is 12.8 Å². The molecule has 1 nitrogen and oxygen atoms in total. The second-order valence-electron chi connectivity index (χ2n) is 5.41. The molecule has 2 rings (SSSR count). The van der Waals surface area contributed by atoms with Gasteiger partial charge in [-0.3, -0.25) is 0 Å². The number of rotatable bonds is 3. The second-order valence-corrected chi connectivity index (χ2v) is 7.38. The van der Waals surface area contributed by atoms with Crippen LogP contribution in [0.2, 0.25) is 10.0 Å². The van der Waals surface area contributed by atoms with Crippen LogP contribution in [-0.4, -0.2) is 16.4 Å². The molecule has 1 aromatic carbocycles. The Morgan fingerprint density at radius 3 is 2.39 bits per heavy atom. The van der Waals surface area contributed by atoms with Crippen molar-refractivity contribution >= 4 is 35.1 Å². The summed E-state index contributed by atoms with van der Waals surface area (Å²) in [6.45, 7) is 8.07. The quantitative estimate of drug-likeness (QED) is 0.677. The van der Waals surface area contributed by atoms with Crippen molar-refractivity contribution in [3.63, 3.8) is 0 Å². The van der Waals surface area contributed by atoms with Crippen LogP contribution >= 0.6 is 35.1 Å². The molecular formula is C14H19Cl2NS. The van der Waals surface area contributed by atoms with Gasteiger partial charge in [-0.2, -0.15) is 0 Å². The van der Waals surface area contributed by atoms with Crippen LogP contribution < -0.4 is 0 Å². The molecule has 4 heteroatoms. The van der Waals surface area contributed by atoms with Crippen LogP contribution in [0.3, 0.4) is 0 Å². The van der Waals surface area contributed by atoms with E-state index in [0.717, 1.165) is 11.4 Å². The van der Waals surface area contributed by atoms with Crippen LogP contribution in [0.4, 0.5) is 0 Å². The summed E-state index contributed by atoms with van der Waals surface area (Å²) in [6, 6.07) is 5.74. The van der Waals surface area contributed by atoms with Crippen molar-refractivity contribution in [2.24, 2.45) is 5.92 Å². The Kier molecular flexibility index (Phi) is 4.53. The van der Waals surface area contributed by atoms with E-state index in [2.05, 4.69) is 25.1 Å². The molecule has 1 unspecified atom stereocenters. The van der Waals surface area contributed by atoms with Crippen LogP contribution in [0.15, 0.2) is 23.1 Å². The highest BCUT2D eigenvalue weighted by Crippen LogP contribution is 2.43. The highest BCUT2D eigenvalue weighted by atomic mass is 35.5. The minimum atomic E-state index is 0.263. The van der Waals surface area contributed by atoms with Gasteiger partial charge >= 0.3 is 0 Å². The number of hydrogen-bond donors (Lipinski definition) is 0. The molecule has 0 radical (unpaired) electrons. The van der Waals surface area contributed by atoms with Crippen molar-refractivity contribution in [3.8, 4) is 0 Å². The zero-order valence-corrected chi connectivity index (χ0v) is 13.4. The standard InChI is InChI=1S/C14H19Cl2NS/c1-10(2)14(3)5-4-6-17(14)18-13-8-11(15)7-12(16)9-13/h7-10H,4-6H2,1-3H3. The average Bonchev–Trinajstić information content (AvgIpc) is 2.60. The maximum atomic E-state index is 6.05. The normalized spacial score (nSPS) is 25.0. The predicted octanol–water partition coefficient (Wildman–Crippen LogP) is 5.51. The molecule has 1 atom stereocenters. The molecule has 100 valence electrons.